The number of benzene rings is 2. The molecule has 6 rings (SSSR count). The second kappa shape index (κ2) is 11.4. The number of nitrogens with one attached hydrogen (secondary N) is 3. The molecule has 1 spiro atoms. The Bertz CT molecular complexity index is 1610. The van der Waals surface area contributed by atoms with Crippen molar-refractivity contribution in [2.75, 3.05) is 11.9 Å². The third-order valence-electron chi connectivity index (χ3n) is 8.99. The molecule has 2 amide bonds. The fourth-order valence-electron chi connectivity index (χ4n) is 6.63. The van der Waals surface area contributed by atoms with E-state index in [0.717, 1.165) is 28.8 Å². The van der Waals surface area contributed by atoms with Crippen molar-refractivity contribution in [2.45, 2.75) is 77.7 Å². The molecule has 0 aliphatic carbocycles. The number of para-hydroxylation sites is 1. The standard InChI is InChI=1S/C34H40N4O6/c1-6-13-35-31(42)27-29-34-21-9-7-8-10-23(21)36-33(34)43-25-12-11-19(15-22(25)34)14-20(16-24(39)28(40)18(4)5)30(41)37-26(17(2)3)32(38-27)44-29/h7-12,15,17-18,20,26,28,33,36,40H,6,13-14,16H2,1-5H3,(H,35,42)(H,37,41)/t20?,26-,28-,33-,34?/m0/s1. The van der Waals surface area contributed by atoms with Gasteiger partial charge >= 0.3 is 0 Å². The minimum atomic E-state index is -1.16. The topological polar surface area (TPSA) is 143 Å². The molecule has 232 valence electrons. The van der Waals surface area contributed by atoms with Crippen molar-refractivity contribution in [2.24, 2.45) is 17.8 Å². The van der Waals surface area contributed by atoms with Crippen LogP contribution in [0.25, 0.3) is 0 Å². The molecule has 44 heavy (non-hydrogen) atoms. The lowest BCUT2D eigenvalue weighted by Crippen LogP contribution is -2.41. The van der Waals surface area contributed by atoms with Crippen LogP contribution in [0.3, 0.4) is 0 Å². The Hall–Kier alpha value is -4.18. The first kappa shape index (κ1) is 29.9. The zero-order valence-corrected chi connectivity index (χ0v) is 25.8. The SMILES string of the molecule is CCCNC(=O)c1nc2oc1C13c4ccccc4N[C@H]1Oc1ccc(cc13)CC(CC(=O)[C@@H](O)C(C)C)C(=O)N[C@H]2C(C)C. The summed E-state index contributed by atoms with van der Waals surface area (Å²) in [4.78, 5) is 45.5. The van der Waals surface area contributed by atoms with Crippen LogP contribution in [0.5, 0.6) is 5.75 Å². The molecule has 3 aromatic rings. The number of carbonyl (C=O) groups excluding carboxylic acids is 3. The number of aliphatic hydroxyl groups excluding tert-OH is 1. The van der Waals surface area contributed by atoms with Crippen LogP contribution in [0.4, 0.5) is 5.69 Å². The van der Waals surface area contributed by atoms with Crippen LogP contribution in [0.2, 0.25) is 0 Å². The number of hydrogen-bond donors (Lipinski definition) is 4. The van der Waals surface area contributed by atoms with E-state index >= 15 is 0 Å². The lowest BCUT2D eigenvalue weighted by molar-refractivity contribution is -0.135. The third-order valence-corrected chi connectivity index (χ3v) is 8.99. The van der Waals surface area contributed by atoms with Crippen molar-refractivity contribution in [3.05, 3.63) is 76.5 Å². The van der Waals surface area contributed by atoms with E-state index in [9.17, 15) is 19.5 Å². The zero-order chi connectivity index (χ0) is 31.3. The number of hydrogen-bond acceptors (Lipinski definition) is 8. The molecule has 10 heteroatoms. The molecule has 5 atom stereocenters. The summed E-state index contributed by atoms with van der Waals surface area (Å²) in [5, 5.41) is 20.1. The first-order valence-electron chi connectivity index (χ1n) is 15.5. The van der Waals surface area contributed by atoms with Crippen LogP contribution in [0.1, 0.15) is 92.3 Å². The highest BCUT2D eigenvalue weighted by molar-refractivity contribution is 5.95. The highest BCUT2D eigenvalue weighted by Gasteiger charge is 2.61. The van der Waals surface area contributed by atoms with Gasteiger partial charge in [0.05, 0.1) is 0 Å². The van der Waals surface area contributed by atoms with Crippen LogP contribution in [0, 0.1) is 17.8 Å². The van der Waals surface area contributed by atoms with Crippen LogP contribution < -0.4 is 20.7 Å². The molecule has 1 aromatic heterocycles. The van der Waals surface area contributed by atoms with E-state index < -0.39 is 29.7 Å². The van der Waals surface area contributed by atoms with Crippen molar-refractivity contribution in [1.82, 2.24) is 15.6 Å². The minimum absolute atomic E-state index is 0.122. The van der Waals surface area contributed by atoms with E-state index in [-0.39, 0.29) is 53.9 Å². The maximum atomic E-state index is 13.9. The molecule has 4 bridgehead atoms. The number of oxazole rings is 1. The largest absolute Gasteiger partial charge is 0.469 e. The average molecular weight is 601 g/mol. The van der Waals surface area contributed by atoms with Gasteiger partial charge in [-0.2, -0.15) is 0 Å². The molecular formula is C34H40N4O6. The van der Waals surface area contributed by atoms with Crippen molar-refractivity contribution in [1.29, 1.82) is 0 Å². The monoisotopic (exact) mass is 600 g/mol. The number of fused-ring (bicyclic) bond motifs is 4. The van der Waals surface area contributed by atoms with Gasteiger partial charge in [0.1, 0.15) is 23.3 Å². The molecule has 0 saturated carbocycles. The lowest BCUT2D eigenvalue weighted by atomic mass is 9.72. The van der Waals surface area contributed by atoms with Gasteiger partial charge in [-0.05, 0) is 47.9 Å². The number of aliphatic hydroxyl groups is 1. The molecule has 3 aliphatic heterocycles. The van der Waals surface area contributed by atoms with Gasteiger partial charge in [0.25, 0.3) is 5.91 Å². The highest BCUT2D eigenvalue weighted by Crippen LogP contribution is 2.58. The quantitative estimate of drug-likeness (QED) is 0.301. The summed E-state index contributed by atoms with van der Waals surface area (Å²) < 4.78 is 13.2. The summed E-state index contributed by atoms with van der Waals surface area (Å²) >= 11 is 0. The average Bonchev–Trinajstić information content (AvgIpc) is 3.66. The second-order valence-electron chi connectivity index (χ2n) is 12.8. The number of amides is 2. The van der Waals surface area contributed by atoms with Gasteiger partial charge in [-0.1, -0.05) is 65.0 Å². The molecule has 10 nitrogen and oxygen atoms in total. The Balaban J connectivity index is 1.59. The first-order chi connectivity index (χ1) is 21.1. The third kappa shape index (κ3) is 4.76. The number of ketones is 1. The van der Waals surface area contributed by atoms with Gasteiger partial charge < -0.3 is 30.2 Å². The van der Waals surface area contributed by atoms with E-state index in [1.54, 1.807) is 13.8 Å². The number of nitrogens with zero attached hydrogens (tertiary/aromatic N) is 1. The number of rotatable bonds is 8. The van der Waals surface area contributed by atoms with Gasteiger partial charge in [-0.15, -0.1) is 0 Å². The molecule has 4 heterocycles. The first-order valence-corrected chi connectivity index (χ1v) is 15.5. The van der Waals surface area contributed by atoms with Crippen LogP contribution in [0.15, 0.2) is 46.9 Å². The van der Waals surface area contributed by atoms with E-state index in [2.05, 4.69) is 16.0 Å². The van der Waals surface area contributed by atoms with Gasteiger partial charge in [0.15, 0.2) is 23.5 Å². The summed E-state index contributed by atoms with van der Waals surface area (Å²) in [6, 6.07) is 12.9. The number of ether oxygens (including phenoxy) is 1. The molecule has 3 aliphatic rings. The van der Waals surface area contributed by atoms with E-state index in [1.807, 2.05) is 63.2 Å². The van der Waals surface area contributed by atoms with Crippen LogP contribution >= 0.6 is 0 Å². The summed E-state index contributed by atoms with van der Waals surface area (Å²) in [5.74, 6) is -1.08. The summed E-state index contributed by atoms with van der Waals surface area (Å²) in [6.07, 6.45) is -0.884. The predicted molar refractivity (Wildman–Crippen MR) is 163 cm³/mol. The lowest BCUT2D eigenvalue weighted by Gasteiger charge is -2.28. The van der Waals surface area contributed by atoms with Gasteiger partial charge in [-0.3, -0.25) is 14.4 Å². The van der Waals surface area contributed by atoms with Crippen LogP contribution in [-0.4, -0.2) is 46.6 Å². The molecular weight excluding hydrogens is 560 g/mol. The molecule has 0 saturated heterocycles. The maximum Gasteiger partial charge on any atom is 0.273 e. The second-order valence-corrected chi connectivity index (χ2v) is 12.8. The Kier molecular flexibility index (Phi) is 7.73. The fourth-order valence-corrected chi connectivity index (χ4v) is 6.63. The van der Waals surface area contributed by atoms with Gasteiger partial charge in [0.2, 0.25) is 11.8 Å². The van der Waals surface area contributed by atoms with Crippen LogP contribution in [-0.2, 0) is 21.4 Å². The Morgan fingerprint density at radius 1 is 1.11 bits per heavy atom. The Labute approximate surface area is 257 Å². The fraction of sp³-hybridized carbons (Fsp3) is 0.471. The molecule has 2 unspecified atom stereocenters. The highest BCUT2D eigenvalue weighted by atomic mass is 16.5. The number of anilines is 1. The van der Waals surface area contributed by atoms with E-state index in [4.69, 9.17) is 14.1 Å². The smallest absolute Gasteiger partial charge is 0.273 e. The van der Waals surface area contributed by atoms with E-state index in [0.29, 0.717) is 18.1 Å². The van der Waals surface area contributed by atoms with Crippen molar-refractivity contribution < 1.29 is 28.6 Å². The minimum Gasteiger partial charge on any atom is -0.469 e. The van der Waals surface area contributed by atoms with Crippen molar-refractivity contribution >= 4 is 23.3 Å². The Morgan fingerprint density at radius 3 is 2.61 bits per heavy atom. The van der Waals surface area contributed by atoms with Crippen molar-refractivity contribution in [3.8, 4) is 5.75 Å². The molecule has 0 fully saturated rings. The summed E-state index contributed by atoms with van der Waals surface area (Å²) in [7, 11) is 0. The maximum absolute atomic E-state index is 13.9. The zero-order valence-electron chi connectivity index (χ0n) is 25.8. The van der Waals surface area contributed by atoms with E-state index in [1.165, 1.54) is 0 Å². The van der Waals surface area contributed by atoms with Crippen molar-refractivity contribution in [3.63, 3.8) is 0 Å². The normalized spacial score (nSPS) is 23.9. The molecule has 0 radical (unpaired) electrons. The predicted octanol–water partition coefficient (Wildman–Crippen LogP) is 4.25. The summed E-state index contributed by atoms with van der Waals surface area (Å²) in [6.45, 7) is 9.86. The number of Topliss-reactive ketones (excluding diaryl/α,β-unsaturated/α-hetero) is 1. The summed E-state index contributed by atoms with van der Waals surface area (Å²) in [5.41, 5.74) is 2.46. The Morgan fingerprint density at radius 2 is 1.89 bits per heavy atom. The molecule has 2 aromatic carbocycles. The number of aromatic nitrogens is 1. The molecule has 4 N–H and O–H groups in total. The van der Waals surface area contributed by atoms with Gasteiger partial charge in [0, 0.05) is 30.1 Å². The number of carbonyl (C=O) groups is 3. The van der Waals surface area contributed by atoms with Gasteiger partial charge in [-0.25, -0.2) is 4.98 Å².